The lowest BCUT2D eigenvalue weighted by Gasteiger charge is -2.38. The Balaban J connectivity index is 1.24. The van der Waals surface area contributed by atoms with E-state index in [2.05, 4.69) is 11.4 Å². The zero-order valence-corrected chi connectivity index (χ0v) is 17.8. The lowest BCUT2D eigenvalue weighted by atomic mass is 9.96. The molecule has 1 aromatic heterocycles. The maximum absolute atomic E-state index is 12.8. The Hall–Kier alpha value is -1.45. The number of carbonyl (C=O) groups is 2. The third-order valence-corrected chi connectivity index (χ3v) is 8.50. The first-order valence-corrected chi connectivity index (χ1v) is 12.6. The Bertz CT molecular complexity index is 823. The van der Waals surface area contributed by atoms with Crippen molar-refractivity contribution in [2.45, 2.75) is 25.2 Å². The topological polar surface area (TPSA) is 78.0 Å². The highest BCUT2D eigenvalue weighted by atomic mass is 32.2. The van der Waals surface area contributed by atoms with Gasteiger partial charge in [-0.25, -0.2) is 12.7 Å². The molecule has 4 rings (SSSR count). The van der Waals surface area contributed by atoms with Gasteiger partial charge < -0.3 is 9.80 Å². The van der Waals surface area contributed by atoms with Gasteiger partial charge >= 0.3 is 0 Å². The van der Waals surface area contributed by atoms with E-state index >= 15 is 0 Å². The SMILES string of the molecule is CS(=O)(=O)N1CCC(C(=O)N2CCN(C(=O)[C@H]3C[C@H]3c3cccs3)CC2)CC1. The number of amides is 2. The molecule has 0 spiro atoms. The molecule has 2 aliphatic heterocycles. The highest BCUT2D eigenvalue weighted by molar-refractivity contribution is 7.88. The van der Waals surface area contributed by atoms with Crippen LogP contribution in [0.3, 0.4) is 0 Å². The van der Waals surface area contributed by atoms with Crippen molar-refractivity contribution in [1.82, 2.24) is 14.1 Å². The molecule has 2 atom stereocenters. The smallest absolute Gasteiger partial charge is 0.226 e. The van der Waals surface area contributed by atoms with Crippen LogP contribution in [0, 0.1) is 11.8 Å². The van der Waals surface area contributed by atoms with Crippen molar-refractivity contribution >= 4 is 33.2 Å². The zero-order chi connectivity index (χ0) is 19.9. The van der Waals surface area contributed by atoms with Crippen molar-refractivity contribution in [3.63, 3.8) is 0 Å². The monoisotopic (exact) mass is 425 g/mol. The summed E-state index contributed by atoms with van der Waals surface area (Å²) >= 11 is 1.72. The molecule has 9 heteroatoms. The number of rotatable bonds is 4. The maximum atomic E-state index is 12.8. The predicted molar refractivity (Wildman–Crippen MR) is 107 cm³/mol. The normalized spacial score (nSPS) is 27.0. The van der Waals surface area contributed by atoms with Crippen LogP contribution in [0.2, 0.25) is 0 Å². The largest absolute Gasteiger partial charge is 0.339 e. The summed E-state index contributed by atoms with van der Waals surface area (Å²) in [6.45, 7) is 3.18. The van der Waals surface area contributed by atoms with Gasteiger partial charge in [0.05, 0.1) is 6.26 Å². The highest BCUT2D eigenvalue weighted by Gasteiger charge is 2.46. The quantitative estimate of drug-likeness (QED) is 0.726. The van der Waals surface area contributed by atoms with E-state index in [0.717, 1.165) is 6.42 Å². The van der Waals surface area contributed by atoms with Gasteiger partial charge in [-0.15, -0.1) is 11.3 Å². The molecule has 2 amide bonds. The molecule has 1 saturated carbocycles. The average molecular weight is 426 g/mol. The first kappa shape index (κ1) is 19.8. The molecule has 2 saturated heterocycles. The molecule has 1 aliphatic carbocycles. The van der Waals surface area contributed by atoms with Gasteiger partial charge in [-0.1, -0.05) is 6.07 Å². The van der Waals surface area contributed by atoms with Gasteiger partial charge in [-0.3, -0.25) is 9.59 Å². The fourth-order valence-electron chi connectivity index (χ4n) is 4.36. The Morgan fingerprint density at radius 2 is 1.61 bits per heavy atom. The van der Waals surface area contributed by atoms with E-state index in [4.69, 9.17) is 0 Å². The number of hydrogen-bond donors (Lipinski definition) is 0. The molecule has 3 aliphatic rings. The number of thiophene rings is 1. The summed E-state index contributed by atoms with van der Waals surface area (Å²) in [6.07, 6.45) is 3.32. The molecule has 0 unspecified atom stereocenters. The first-order valence-electron chi connectivity index (χ1n) is 9.90. The zero-order valence-electron chi connectivity index (χ0n) is 16.1. The summed E-state index contributed by atoms with van der Waals surface area (Å²) in [4.78, 5) is 30.6. The molecular formula is C19H27N3O4S2. The van der Waals surface area contributed by atoms with Crippen LogP contribution in [0.1, 0.15) is 30.1 Å². The fourth-order valence-corrected chi connectivity index (χ4v) is 6.14. The van der Waals surface area contributed by atoms with Gasteiger partial charge in [-0.2, -0.15) is 0 Å². The molecule has 0 aromatic carbocycles. The van der Waals surface area contributed by atoms with Gasteiger partial charge in [0.2, 0.25) is 21.8 Å². The van der Waals surface area contributed by atoms with E-state index in [1.165, 1.54) is 15.4 Å². The third kappa shape index (κ3) is 4.11. The van der Waals surface area contributed by atoms with Crippen molar-refractivity contribution in [2.24, 2.45) is 11.8 Å². The molecule has 0 bridgehead atoms. The van der Waals surface area contributed by atoms with Gasteiger partial charge in [0.1, 0.15) is 0 Å². The highest BCUT2D eigenvalue weighted by Crippen LogP contribution is 2.50. The summed E-state index contributed by atoms with van der Waals surface area (Å²) < 4.78 is 24.7. The first-order chi connectivity index (χ1) is 13.3. The Kier molecular flexibility index (Phi) is 5.50. The maximum Gasteiger partial charge on any atom is 0.226 e. The van der Waals surface area contributed by atoms with Crippen LogP contribution < -0.4 is 0 Å². The molecule has 0 N–H and O–H groups in total. The van der Waals surface area contributed by atoms with Crippen LogP contribution in [0.15, 0.2) is 17.5 Å². The van der Waals surface area contributed by atoms with E-state index < -0.39 is 10.0 Å². The van der Waals surface area contributed by atoms with Crippen LogP contribution in [0.25, 0.3) is 0 Å². The number of piperazine rings is 1. The Morgan fingerprint density at radius 1 is 1.00 bits per heavy atom. The van der Waals surface area contributed by atoms with Crippen LogP contribution in [-0.2, 0) is 19.6 Å². The Morgan fingerprint density at radius 3 is 2.14 bits per heavy atom. The minimum Gasteiger partial charge on any atom is -0.339 e. The number of carbonyl (C=O) groups excluding carboxylic acids is 2. The number of sulfonamides is 1. The summed E-state index contributed by atoms with van der Waals surface area (Å²) in [5, 5.41) is 2.06. The number of piperidine rings is 1. The van der Waals surface area contributed by atoms with Crippen molar-refractivity contribution in [3.8, 4) is 0 Å². The lowest BCUT2D eigenvalue weighted by Crippen LogP contribution is -2.53. The van der Waals surface area contributed by atoms with E-state index in [-0.39, 0.29) is 23.7 Å². The summed E-state index contributed by atoms with van der Waals surface area (Å²) in [7, 11) is -3.17. The molecule has 3 fully saturated rings. The van der Waals surface area contributed by atoms with Crippen molar-refractivity contribution in [3.05, 3.63) is 22.4 Å². The van der Waals surface area contributed by atoms with Crippen LogP contribution >= 0.6 is 11.3 Å². The van der Waals surface area contributed by atoms with Gasteiger partial charge in [-0.05, 0) is 30.7 Å². The molecule has 7 nitrogen and oxygen atoms in total. The van der Waals surface area contributed by atoms with Gasteiger partial charge in [0.15, 0.2) is 0 Å². The van der Waals surface area contributed by atoms with Gasteiger partial charge in [0, 0.05) is 61.9 Å². The van der Waals surface area contributed by atoms with E-state index in [1.54, 1.807) is 11.3 Å². The summed E-state index contributed by atoms with van der Waals surface area (Å²) in [5.74, 6) is 0.732. The predicted octanol–water partition coefficient (Wildman–Crippen LogP) is 1.19. The van der Waals surface area contributed by atoms with Crippen molar-refractivity contribution in [1.29, 1.82) is 0 Å². The lowest BCUT2D eigenvalue weighted by molar-refractivity contribution is -0.143. The van der Waals surface area contributed by atoms with E-state index in [0.29, 0.717) is 58.0 Å². The Labute approximate surface area is 170 Å². The third-order valence-electron chi connectivity index (χ3n) is 6.19. The average Bonchev–Trinajstić information content (AvgIpc) is 3.31. The van der Waals surface area contributed by atoms with Crippen LogP contribution in [0.4, 0.5) is 0 Å². The number of nitrogens with zero attached hydrogens (tertiary/aromatic N) is 3. The van der Waals surface area contributed by atoms with Crippen LogP contribution in [0.5, 0.6) is 0 Å². The second-order valence-corrected chi connectivity index (χ2v) is 11.0. The molecule has 3 heterocycles. The summed E-state index contributed by atoms with van der Waals surface area (Å²) in [5.41, 5.74) is 0. The molecule has 154 valence electrons. The standard InChI is InChI=1S/C19H27N3O4S2/c1-28(25,26)22-6-4-14(5-7-22)18(23)20-8-10-21(11-9-20)19(24)16-13-15(16)17-3-2-12-27-17/h2-3,12,14-16H,4-11,13H2,1H3/t15-,16+/m1/s1. The molecule has 1 aromatic rings. The molecule has 28 heavy (non-hydrogen) atoms. The van der Waals surface area contributed by atoms with Crippen LogP contribution in [-0.4, -0.2) is 79.9 Å². The van der Waals surface area contributed by atoms with Crippen molar-refractivity contribution in [2.75, 3.05) is 45.5 Å². The minimum atomic E-state index is -3.17. The van der Waals surface area contributed by atoms with Crippen molar-refractivity contribution < 1.29 is 18.0 Å². The van der Waals surface area contributed by atoms with Gasteiger partial charge in [0.25, 0.3) is 0 Å². The fraction of sp³-hybridized carbons (Fsp3) is 0.684. The summed E-state index contributed by atoms with van der Waals surface area (Å²) in [6, 6.07) is 4.14. The second-order valence-electron chi connectivity index (χ2n) is 8.05. The second kappa shape index (κ2) is 7.76. The minimum absolute atomic E-state index is 0.105. The van der Waals surface area contributed by atoms with E-state index in [1.807, 2.05) is 15.9 Å². The number of hydrogen-bond acceptors (Lipinski definition) is 5. The van der Waals surface area contributed by atoms with E-state index in [9.17, 15) is 18.0 Å². The molecular weight excluding hydrogens is 398 g/mol. The molecule has 0 radical (unpaired) electrons.